The number of nitrogens with zero attached hydrogens (tertiary/aromatic N) is 1. The summed E-state index contributed by atoms with van der Waals surface area (Å²) in [4.78, 5) is 17.8. The summed E-state index contributed by atoms with van der Waals surface area (Å²) < 4.78 is 17.3. The molecule has 5 nitrogen and oxygen atoms in total. The van der Waals surface area contributed by atoms with Crippen LogP contribution in [0.4, 0.5) is 0 Å². The first-order chi connectivity index (χ1) is 16.4. The molecule has 0 saturated heterocycles. The minimum absolute atomic E-state index is 0.0487. The van der Waals surface area contributed by atoms with Crippen LogP contribution >= 0.6 is 0 Å². The lowest BCUT2D eigenvalue weighted by molar-refractivity contribution is -0.125. The molecule has 0 fully saturated rings. The molecule has 0 atom stereocenters. The summed E-state index contributed by atoms with van der Waals surface area (Å²) in [6.07, 6.45) is 0. The highest BCUT2D eigenvalue weighted by Gasteiger charge is 2.42. The average Bonchev–Trinajstić information content (AvgIpc) is 3.11. The van der Waals surface area contributed by atoms with Crippen LogP contribution in [0.15, 0.2) is 84.9 Å². The summed E-state index contributed by atoms with van der Waals surface area (Å²) in [6, 6.07) is 27.1. The number of para-hydroxylation sites is 1. The molecule has 34 heavy (non-hydrogen) atoms. The fourth-order valence-corrected chi connectivity index (χ4v) is 4.03. The maximum atomic E-state index is 13.2. The van der Waals surface area contributed by atoms with Crippen LogP contribution in [0.2, 0.25) is 0 Å². The van der Waals surface area contributed by atoms with Crippen LogP contribution in [-0.2, 0) is 16.1 Å². The summed E-state index contributed by atoms with van der Waals surface area (Å²) in [5.74, 6) is 1.98. The van der Waals surface area contributed by atoms with Crippen LogP contribution in [0.1, 0.15) is 30.7 Å². The molecular weight excluding hydrogens is 426 g/mol. The number of ether oxygens (including phenoxy) is 3. The van der Waals surface area contributed by atoms with Crippen LogP contribution in [0.25, 0.3) is 22.2 Å². The van der Waals surface area contributed by atoms with Crippen LogP contribution in [0, 0.1) is 0 Å². The summed E-state index contributed by atoms with van der Waals surface area (Å²) in [6.45, 7) is 3.94. The van der Waals surface area contributed by atoms with E-state index in [1.54, 1.807) is 21.0 Å². The van der Waals surface area contributed by atoms with Gasteiger partial charge in [-0.25, -0.2) is 4.98 Å². The molecule has 0 radical (unpaired) electrons. The molecule has 0 bridgehead atoms. The number of pyridine rings is 1. The van der Waals surface area contributed by atoms with Gasteiger partial charge in [-0.1, -0.05) is 36.4 Å². The number of Topliss-reactive ketones (excluding diaryl/α,β-unsaturated/α-hetero) is 1. The van der Waals surface area contributed by atoms with E-state index in [2.05, 4.69) is 4.98 Å². The first-order valence-corrected chi connectivity index (χ1v) is 11.1. The van der Waals surface area contributed by atoms with Gasteiger partial charge in [0.1, 0.15) is 23.9 Å². The third-order valence-corrected chi connectivity index (χ3v) is 5.90. The minimum Gasteiger partial charge on any atom is -0.497 e. The number of hydrogen-bond acceptors (Lipinski definition) is 5. The zero-order valence-electron chi connectivity index (χ0n) is 19.4. The topological polar surface area (TPSA) is 57.7 Å². The number of methoxy groups -OCH3 is 1. The van der Waals surface area contributed by atoms with Crippen molar-refractivity contribution in [3.63, 3.8) is 0 Å². The number of carbonyl (C=O) groups excluding carboxylic acids is 1. The predicted molar refractivity (Wildman–Crippen MR) is 132 cm³/mol. The highest BCUT2D eigenvalue weighted by Crippen LogP contribution is 2.41. The van der Waals surface area contributed by atoms with Crippen LogP contribution in [-0.4, -0.2) is 23.5 Å². The quantitative estimate of drug-likeness (QED) is 0.356. The number of rotatable bonds is 6. The molecule has 0 unspecified atom stereocenters. The van der Waals surface area contributed by atoms with Gasteiger partial charge in [-0.05, 0) is 67.9 Å². The minimum atomic E-state index is -0.929. The zero-order valence-corrected chi connectivity index (χ0v) is 19.4. The van der Waals surface area contributed by atoms with Gasteiger partial charge in [-0.15, -0.1) is 0 Å². The maximum absolute atomic E-state index is 13.2. The van der Waals surface area contributed by atoms with E-state index < -0.39 is 5.60 Å². The summed E-state index contributed by atoms with van der Waals surface area (Å²) in [5, 5.41) is 1.10. The van der Waals surface area contributed by atoms with Crippen molar-refractivity contribution in [3.8, 4) is 11.5 Å². The van der Waals surface area contributed by atoms with E-state index in [1.807, 2.05) is 84.9 Å². The van der Waals surface area contributed by atoms with Crippen molar-refractivity contribution in [2.24, 2.45) is 0 Å². The highest BCUT2D eigenvalue weighted by atomic mass is 16.5. The second kappa shape index (κ2) is 8.67. The Morgan fingerprint density at radius 2 is 1.50 bits per heavy atom. The predicted octanol–water partition coefficient (Wildman–Crippen LogP) is 6.07. The van der Waals surface area contributed by atoms with Gasteiger partial charge in [0, 0.05) is 10.9 Å². The van der Waals surface area contributed by atoms with E-state index in [0.717, 1.165) is 33.5 Å². The Hall–Kier alpha value is -4.12. The van der Waals surface area contributed by atoms with E-state index in [0.29, 0.717) is 23.7 Å². The molecule has 5 heteroatoms. The number of hydrogen-bond donors (Lipinski definition) is 0. The van der Waals surface area contributed by atoms with Crippen LogP contribution < -0.4 is 9.47 Å². The van der Waals surface area contributed by atoms with Crippen molar-refractivity contribution in [2.45, 2.75) is 26.1 Å². The number of aromatic nitrogens is 1. The molecule has 0 aliphatic carbocycles. The van der Waals surface area contributed by atoms with Gasteiger partial charge in [0.05, 0.1) is 23.9 Å². The highest BCUT2D eigenvalue weighted by molar-refractivity contribution is 6.32. The molecular formula is C29H25NO4. The fraction of sp³-hybridized carbons (Fsp3) is 0.172. The molecule has 1 aliphatic heterocycles. The zero-order chi connectivity index (χ0) is 23.7. The number of carbonyl (C=O) groups is 1. The van der Waals surface area contributed by atoms with Crippen molar-refractivity contribution in [1.82, 2.24) is 4.98 Å². The Morgan fingerprint density at radius 3 is 2.24 bits per heavy atom. The number of ketones is 1. The lowest BCUT2D eigenvalue weighted by Gasteiger charge is -2.17. The van der Waals surface area contributed by atoms with Gasteiger partial charge in [0.15, 0.2) is 5.60 Å². The first kappa shape index (κ1) is 21.7. The van der Waals surface area contributed by atoms with Crippen LogP contribution in [0.3, 0.4) is 0 Å². The Labute approximate surface area is 198 Å². The van der Waals surface area contributed by atoms with Gasteiger partial charge < -0.3 is 14.2 Å². The van der Waals surface area contributed by atoms with E-state index >= 15 is 0 Å². The molecule has 5 rings (SSSR count). The molecule has 0 saturated carbocycles. The Kier molecular flexibility index (Phi) is 5.54. The van der Waals surface area contributed by atoms with Crippen molar-refractivity contribution < 1.29 is 19.0 Å². The summed E-state index contributed by atoms with van der Waals surface area (Å²) in [5.41, 5.74) is 3.06. The summed E-state index contributed by atoms with van der Waals surface area (Å²) >= 11 is 0. The van der Waals surface area contributed by atoms with E-state index in [9.17, 15) is 4.79 Å². The van der Waals surface area contributed by atoms with Crippen molar-refractivity contribution in [3.05, 3.63) is 102 Å². The van der Waals surface area contributed by atoms with E-state index in [4.69, 9.17) is 14.2 Å². The molecule has 1 aromatic heterocycles. The van der Waals surface area contributed by atoms with Gasteiger partial charge in [-0.3, -0.25) is 4.79 Å². The van der Waals surface area contributed by atoms with Gasteiger partial charge in [0.2, 0.25) is 5.78 Å². The molecule has 4 aromatic rings. The standard InChI is InChI=1S/C29H25NO4/c1-29(2)28(31)26(27(34-29)21-11-14-23(32-3)15-12-21)20-9-16-24(17-10-20)33-18-22-13-8-19-6-4-5-7-25(19)30-22/h4-17H,18H2,1-3H3. The van der Waals surface area contributed by atoms with Crippen molar-refractivity contribution >= 4 is 28.0 Å². The number of fused-ring (bicyclic) bond motifs is 1. The maximum Gasteiger partial charge on any atom is 0.210 e. The lowest BCUT2D eigenvalue weighted by Crippen LogP contribution is -2.29. The van der Waals surface area contributed by atoms with Crippen molar-refractivity contribution in [1.29, 1.82) is 0 Å². The first-order valence-electron chi connectivity index (χ1n) is 11.1. The normalized spacial score (nSPS) is 14.9. The SMILES string of the molecule is COc1ccc(C2=C(c3ccc(OCc4ccc5ccccc5n4)cc3)C(=O)C(C)(C)O2)cc1. The summed E-state index contributed by atoms with van der Waals surface area (Å²) in [7, 11) is 1.62. The molecule has 0 spiro atoms. The van der Waals surface area contributed by atoms with Gasteiger partial charge in [-0.2, -0.15) is 0 Å². The second-order valence-corrected chi connectivity index (χ2v) is 8.68. The molecule has 170 valence electrons. The Bertz CT molecular complexity index is 1390. The molecule has 0 amide bonds. The molecule has 1 aliphatic rings. The van der Waals surface area contributed by atoms with Gasteiger partial charge in [0.25, 0.3) is 0 Å². The Morgan fingerprint density at radius 1 is 0.824 bits per heavy atom. The Balaban J connectivity index is 1.39. The lowest BCUT2D eigenvalue weighted by atomic mass is 9.92. The van der Waals surface area contributed by atoms with E-state index in [1.165, 1.54) is 0 Å². The van der Waals surface area contributed by atoms with E-state index in [-0.39, 0.29) is 5.78 Å². The third kappa shape index (κ3) is 4.13. The molecule has 0 N–H and O–H groups in total. The number of benzene rings is 3. The monoisotopic (exact) mass is 451 g/mol. The largest absolute Gasteiger partial charge is 0.497 e. The molecule has 2 heterocycles. The van der Waals surface area contributed by atoms with Crippen LogP contribution in [0.5, 0.6) is 11.5 Å². The molecule has 3 aromatic carbocycles. The average molecular weight is 452 g/mol. The second-order valence-electron chi connectivity index (χ2n) is 8.68. The third-order valence-electron chi connectivity index (χ3n) is 5.90. The van der Waals surface area contributed by atoms with Crippen molar-refractivity contribution in [2.75, 3.05) is 7.11 Å². The smallest absolute Gasteiger partial charge is 0.210 e. The fourth-order valence-electron chi connectivity index (χ4n) is 4.03. The van der Waals surface area contributed by atoms with Gasteiger partial charge >= 0.3 is 0 Å².